The van der Waals surface area contributed by atoms with Crippen molar-refractivity contribution in [2.24, 2.45) is 0 Å². The molecule has 0 saturated heterocycles. The molecule has 1 heteroatoms. The van der Waals surface area contributed by atoms with Gasteiger partial charge in [-0.25, -0.2) is 0 Å². The van der Waals surface area contributed by atoms with Gasteiger partial charge in [0.15, 0.2) is 0 Å². The third kappa shape index (κ3) is 1.42. The standard InChI is InChI=1S/C12H13N/c1-3-10-4-5-11-9(2)6-7-13-12(11)8-10/h4-8H,3H2,1-2H3. The largest absolute Gasteiger partial charge is 0.256 e. The van der Waals surface area contributed by atoms with E-state index >= 15 is 0 Å². The van der Waals surface area contributed by atoms with Crippen molar-refractivity contribution >= 4 is 10.9 Å². The van der Waals surface area contributed by atoms with Crippen LogP contribution in [0.2, 0.25) is 0 Å². The molecule has 0 N–H and O–H groups in total. The maximum Gasteiger partial charge on any atom is 0.0707 e. The van der Waals surface area contributed by atoms with Gasteiger partial charge in [0.1, 0.15) is 0 Å². The normalized spacial score (nSPS) is 10.6. The van der Waals surface area contributed by atoms with Crippen LogP contribution in [-0.4, -0.2) is 4.98 Å². The third-order valence-corrected chi connectivity index (χ3v) is 2.43. The molecule has 0 bridgehead atoms. The number of rotatable bonds is 1. The first-order valence-electron chi connectivity index (χ1n) is 4.65. The van der Waals surface area contributed by atoms with Crippen molar-refractivity contribution in [3.8, 4) is 0 Å². The minimum Gasteiger partial charge on any atom is -0.256 e. The Kier molecular flexibility index (Phi) is 2.01. The fraction of sp³-hybridized carbons (Fsp3) is 0.250. The summed E-state index contributed by atoms with van der Waals surface area (Å²) in [6.07, 6.45) is 2.95. The lowest BCUT2D eigenvalue weighted by Gasteiger charge is -2.02. The highest BCUT2D eigenvalue weighted by Crippen LogP contribution is 2.17. The van der Waals surface area contributed by atoms with E-state index < -0.39 is 0 Å². The van der Waals surface area contributed by atoms with Crippen molar-refractivity contribution < 1.29 is 0 Å². The minimum atomic E-state index is 1.07. The maximum atomic E-state index is 4.35. The van der Waals surface area contributed by atoms with E-state index in [9.17, 15) is 0 Å². The van der Waals surface area contributed by atoms with Gasteiger partial charge in [-0.05, 0) is 36.6 Å². The van der Waals surface area contributed by atoms with Crippen molar-refractivity contribution in [1.82, 2.24) is 4.98 Å². The smallest absolute Gasteiger partial charge is 0.0707 e. The zero-order valence-electron chi connectivity index (χ0n) is 8.04. The van der Waals surface area contributed by atoms with Crippen molar-refractivity contribution in [2.45, 2.75) is 20.3 Å². The van der Waals surface area contributed by atoms with Gasteiger partial charge >= 0.3 is 0 Å². The summed E-state index contributed by atoms with van der Waals surface area (Å²) in [5.41, 5.74) is 3.76. The SMILES string of the molecule is CCc1ccc2c(C)ccnc2c1. The van der Waals surface area contributed by atoms with Gasteiger partial charge in [0.05, 0.1) is 5.52 Å². The summed E-state index contributed by atoms with van der Waals surface area (Å²) in [5, 5.41) is 1.26. The van der Waals surface area contributed by atoms with Crippen LogP contribution in [0.5, 0.6) is 0 Å². The third-order valence-electron chi connectivity index (χ3n) is 2.43. The zero-order valence-corrected chi connectivity index (χ0v) is 8.04. The Labute approximate surface area is 78.4 Å². The molecule has 0 spiro atoms. The number of aryl methyl sites for hydroxylation is 2. The molecule has 0 aliphatic rings. The number of aromatic nitrogens is 1. The van der Waals surface area contributed by atoms with E-state index in [0.29, 0.717) is 0 Å². The van der Waals surface area contributed by atoms with Crippen LogP contribution in [-0.2, 0) is 6.42 Å². The topological polar surface area (TPSA) is 12.9 Å². The van der Waals surface area contributed by atoms with Crippen molar-refractivity contribution in [3.63, 3.8) is 0 Å². The molecule has 1 nitrogen and oxygen atoms in total. The first kappa shape index (κ1) is 8.24. The molecular formula is C12H13N. The summed E-state index contributed by atoms with van der Waals surface area (Å²) in [4.78, 5) is 4.35. The van der Waals surface area contributed by atoms with Crippen molar-refractivity contribution in [3.05, 3.63) is 41.6 Å². The molecular weight excluding hydrogens is 158 g/mol. The van der Waals surface area contributed by atoms with Gasteiger partial charge in [-0.2, -0.15) is 0 Å². The molecule has 0 amide bonds. The fourth-order valence-electron chi connectivity index (χ4n) is 1.56. The van der Waals surface area contributed by atoms with Crippen LogP contribution >= 0.6 is 0 Å². The van der Waals surface area contributed by atoms with Gasteiger partial charge in [0, 0.05) is 11.6 Å². The predicted octanol–water partition coefficient (Wildman–Crippen LogP) is 3.11. The summed E-state index contributed by atoms with van der Waals surface area (Å²) in [6.45, 7) is 4.28. The van der Waals surface area contributed by atoms with Crippen molar-refractivity contribution in [2.75, 3.05) is 0 Å². The molecule has 1 aromatic heterocycles. The first-order chi connectivity index (χ1) is 6.31. The lowest BCUT2D eigenvalue weighted by atomic mass is 10.1. The highest BCUT2D eigenvalue weighted by Gasteiger charge is 1.97. The Balaban J connectivity index is 2.72. The van der Waals surface area contributed by atoms with Gasteiger partial charge in [-0.15, -0.1) is 0 Å². The Morgan fingerprint density at radius 2 is 2.08 bits per heavy atom. The Morgan fingerprint density at radius 1 is 1.23 bits per heavy atom. The van der Waals surface area contributed by atoms with Crippen LogP contribution in [0.3, 0.4) is 0 Å². The Bertz CT molecular complexity index is 432. The summed E-state index contributed by atoms with van der Waals surface area (Å²) in [7, 11) is 0. The summed E-state index contributed by atoms with van der Waals surface area (Å²) < 4.78 is 0. The molecule has 0 aliphatic heterocycles. The fourth-order valence-corrected chi connectivity index (χ4v) is 1.56. The summed E-state index contributed by atoms with van der Waals surface area (Å²) >= 11 is 0. The number of pyridine rings is 1. The molecule has 1 heterocycles. The number of benzene rings is 1. The molecule has 0 saturated carbocycles. The second-order valence-corrected chi connectivity index (χ2v) is 3.33. The average molecular weight is 171 g/mol. The second-order valence-electron chi connectivity index (χ2n) is 3.33. The van der Waals surface area contributed by atoms with Crippen LogP contribution in [0.25, 0.3) is 10.9 Å². The monoisotopic (exact) mass is 171 g/mol. The Hall–Kier alpha value is -1.37. The highest BCUT2D eigenvalue weighted by molar-refractivity contribution is 5.82. The molecule has 1 aromatic carbocycles. The van der Waals surface area contributed by atoms with E-state index in [1.54, 1.807) is 0 Å². The van der Waals surface area contributed by atoms with Gasteiger partial charge in [0.25, 0.3) is 0 Å². The lowest BCUT2D eigenvalue weighted by Crippen LogP contribution is -1.85. The van der Waals surface area contributed by atoms with Gasteiger partial charge in [-0.1, -0.05) is 19.1 Å². The van der Waals surface area contributed by atoms with E-state index in [2.05, 4.69) is 37.0 Å². The van der Waals surface area contributed by atoms with Crippen LogP contribution in [0.1, 0.15) is 18.1 Å². The predicted molar refractivity (Wildman–Crippen MR) is 55.9 cm³/mol. The number of fused-ring (bicyclic) bond motifs is 1. The molecule has 66 valence electrons. The molecule has 0 aliphatic carbocycles. The number of hydrogen-bond donors (Lipinski definition) is 0. The number of hydrogen-bond acceptors (Lipinski definition) is 1. The van der Waals surface area contributed by atoms with Crippen LogP contribution in [0, 0.1) is 6.92 Å². The van der Waals surface area contributed by atoms with E-state index in [0.717, 1.165) is 11.9 Å². The average Bonchev–Trinajstić information content (AvgIpc) is 2.18. The molecule has 0 unspecified atom stereocenters. The summed E-state index contributed by atoms with van der Waals surface area (Å²) in [5.74, 6) is 0. The molecule has 0 radical (unpaired) electrons. The van der Waals surface area contributed by atoms with Crippen molar-refractivity contribution in [1.29, 1.82) is 0 Å². The van der Waals surface area contributed by atoms with E-state index in [1.165, 1.54) is 16.5 Å². The minimum absolute atomic E-state index is 1.07. The van der Waals surface area contributed by atoms with Gasteiger partial charge in [0.2, 0.25) is 0 Å². The molecule has 2 rings (SSSR count). The van der Waals surface area contributed by atoms with Gasteiger partial charge in [-0.3, -0.25) is 4.98 Å². The van der Waals surface area contributed by atoms with Crippen LogP contribution < -0.4 is 0 Å². The molecule has 0 atom stereocenters. The molecule has 13 heavy (non-hydrogen) atoms. The summed E-state index contributed by atoms with van der Waals surface area (Å²) in [6, 6.07) is 8.56. The van der Waals surface area contributed by atoms with Crippen LogP contribution in [0.15, 0.2) is 30.5 Å². The Morgan fingerprint density at radius 3 is 2.85 bits per heavy atom. The van der Waals surface area contributed by atoms with Crippen LogP contribution in [0.4, 0.5) is 0 Å². The van der Waals surface area contributed by atoms with E-state index in [1.807, 2.05) is 12.3 Å². The maximum absolute atomic E-state index is 4.35. The highest BCUT2D eigenvalue weighted by atomic mass is 14.6. The molecule has 2 aromatic rings. The zero-order chi connectivity index (χ0) is 9.26. The van der Waals surface area contributed by atoms with E-state index in [-0.39, 0.29) is 0 Å². The molecule has 0 fully saturated rings. The first-order valence-corrected chi connectivity index (χ1v) is 4.65. The van der Waals surface area contributed by atoms with E-state index in [4.69, 9.17) is 0 Å². The second kappa shape index (κ2) is 3.17. The quantitative estimate of drug-likeness (QED) is 0.642. The van der Waals surface area contributed by atoms with Gasteiger partial charge < -0.3 is 0 Å². The lowest BCUT2D eigenvalue weighted by molar-refractivity contribution is 1.14. The number of nitrogens with zero attached hydrogens (tertiary/aromatic N) is 1.